The van der Waals surface area contributed by atoms with E-state index < -0.39 is 0 Å². The Morgan fingerprint density at radius 1 is 1.00 bits per heavy atom. The van der Waals surface area contributed by atoms with Crippen LogP contribution in [0.15, 0.2) is 66.7 Å². The molecule has 0 bridgehead atoms. The predicted molar refractivity (Wildman–Crippen MR) is 128 cm³/mol. The summed E-state index contributed by atoms with van der Waals surface area (Å²) in [7, 11) is 1.62. The molecular formula is C26H25N5O3. The first-order chi connectivity index (χ1) is 16.5. The van der Waals surface area contributed by atoms with Crippen molar-refractivity contribution in [3.8, 4) is 28.3 Å². The van der Waals surface area contributed by atoms with E-state index in [1.54, 1.807) is 22.6 Å². The van der Waals surface area contributed by atoms with Gasteiger partial charge in [-0.05, 0) is 31.0 Å². The van der Waals surface area contributed by atoms with E-state index in [0.717, 1.165) is 16.8 Å². The molecule has 172 valence electrons. The average molecular weight is 456 g/mol. The Balaban J connectivity index is 1.61. The van der Waals surface area contributed by atoms with Crippen LogP contribution in [0, 0.1) is 5.92 Å². The monoisotopic (exact) mass is 455 g/mol. The Hall–Kier alpha value is -4.20. The van der Waals surface area contributed by atoms with Crippen molar-refractivity contribution in [2.45, 2.75) is 12.8 Å². The second-order valence-corrected chi connectivity index (χ2v) is 8.36. The highest BCUT2D eigenvalue weighted by atomic mass is 16.5. The molecule has 1 aliphatic heterocycles. The number of para-hydroxylation sites is 1. The molecule has 1 saturated heterocycles. The number of primary amides is 1. The summed E-state index contributed by atoms with van der Waals surface area (Å²) in [5, 5.41) is 4.80. The van der Waals surface area contributed by atoms with Crippen LogP contribution in [0.2, 0.25) is 0 Å². The van der Waals surface area contributed by atoms with Crippen LogP contribution in [0.5, 0.6) is 5.75 Å². The topological polar surface area (TPSA) is 103 Å². The summed E-state index contributed by atoms with van der Waals surface area (Å²) in [6.07, 6.45) is 1.13. The van der Waals surface area contributed by atoms with Gasteiger partial charge in [0.15, 0.2) is 5.65 Å². The lowest BCUT2D eigenvalue weighted by molar-refractivity contribution is -0.123. The van der Waals surface area contributed by atoms with E-state index in [-0.39, 0.29) is 17.7 Å². The van der Waals surface area contributed by atoms with Crippen molar-refractivity contribution >= 4 is 17.5 Å². The third-order valence-electron chi connectivity index (χ3n) is 6.28. The van der Waals surface area contributed by atoms with Gasteiger partial charge in [0.2, 0.25) is 5.91 Å². The molecule has 8 heteroatoms. The number of aromatic nitrogens is 3. The summed E-state index contributed by atoms with van der Waals surface area (Å²) in [6.45, 7) is 0.940. The van der Waals surface area contributed by atoms with E-state index in [9.17, 15) is 9.59 Å². The SMILES string of the molecule is COc1ccccc1-c1cc(C(=O)N2CCC(C(N)=O)CC2)nc2cc(-c3ccccc3)nn12. The van der Waals surface area contributed by atoms with Crippen molar-refractivity contribution in [1.29, 1.82) is 0 Å². The number of piperidine rings is 1. The van der Waals surface area contributed by atoms with E-state index in [1.807, 2.05) is 60.7 Å². The maximum absolute atomic E-state index is 13.4. The van der Waals surface area contributed by atoms with Gasteiger partial charge >= 0.3 is 0 Å². The minimum Gasteiger partial charge on any atom is -0.496 e. The lowest BCUT2D eigenvalue weighted by atomic mass is 9.96. The number of rotatable bonds is 5. The van der Waals surface area contributed by atoms with Crippen molar-refractivity contribution in [3.05, 3.63) is 72.4 Å². The van der Waals surface area contributed by atoms with Gasteiger partial charge in [0, 0.05) is 36.2 Å². The zero-order chi connectivity index (χ0) is 23.7. The Bertz CT molecular complexity index is 1360. The number of likely N-dealkylation sites (tertiary alicyclic amines) is 1. The molecule has 0 spiro atoms. The molecule has 34 heavy (non-hydrogen) atoms. The highest BCUT2D eigenvalue weighted by Crippen LogP contribution is 2.32. The molecule has 2 N–H and O–H groups in total. The highest BCUT2D eigenvalue weighted by Gasteiger charge is 2.28. The minimum absolute atomic E-state index is 0.177. The van der Waals surface area contributed by atoms with E-state index in [1.165, 1.54) is 0 Å². The number of ether oxygens (including phenoxy) is 1. The zero-order valence-electron chi connectivity index (χ0n) is 18.8. The fraction of sp³-hybridized carbons (Fsp3) is 0.231. The lowest BCUT2D eigenvalue weighted by Crippen LogP contribution is -2.42. The van der Waals surface area contributed by atoms with Crippen molar-refractivity contribution in [3.63, 3.8) is 0 Å². The number of nitrogens with two attached hydrogens (primary N) is 1. The minimum atomic E-state index is -0.308. The smallest absolute Gasteiger partial charge is 0.272 e. The standard InChI is InChI=1S/C26H25N5O3/c1-34-23-10-6-5-9-19(23)22-15-21(26(33)30-13-11-18(12-14-30)25(27)32)28-24-16-20(29-31(22)24)17-7-3-2-4-8-17/h2-10,15-16,18H,11-14H2,1H3,(H2,27,32). The van der Waals surface area contributed by atoms with Crippen LogP contribution < -0.4 is 10.5 Å². The molecule has 1 fully saturated rings. The van der Waals surface area contributed by atoms with Gasteiger partial charge in [-0.15, -0.1) is 0 Å². The zero-order valence-corrected chi connectivity index (χ0v) is 18.8. The highest BCUT2D eigenvalue weighted by molar-refractivity contribution is 5.94. The lowest BCUT2D eigenvalue weighted by Gasteiger charge is -2.30. The summed E-state index contributed by atoms with van der Waals surface area (Å²) in [6, 6.07) is 21.1. The average Bonchev–Trinajstić information content (AvgIpc) is 3.32. The van der Waals surface area contributed by atoms with Crippen molar-refractivity contribution in [2.24, 2.45) is 11.7 Å². The number of fused-ring (bicyclic) bond motifs is 1. The van der Waals surface area contributed by atoms with E-state index >= 15 is 0 Å². The summed E-state index contributed by atoms with van der Waals surface area (Å²) in [5.41, 5.74) is 9.57. The van der Waals surface area contributed by atoms with Gasteiger partial charge in [-0.3, -0.25) is 9.59 Å². The van der Waals surface area contributed by atoms with Gasteiger partial charge in [-0.1, -0.05) is 42.5 Å². The fourth-order valence-electron chi connectivity index (χ4n) is 4.41. The number of carbonyl (C=O) groups excluding carboxylic acids is 2. The first kappa shape index (κ1) is 21.6. The van der Waals surface area contributed by atoms with Gasteiger partial charge < -0.3 is 15.4 Å². The number of hydrogen-bond acceptors (Lipinski definition) is 5. The summed E-state index contributed by atoms with van der Waals surface area (Å²) in [5.74, 6) is 0.00107. The second-order valence-electron chi connectivity index (χ2n) is 8.36. The molecule has 1 aliphatic rings. The first-order valence-electron chi connectivity index (χ1n) is 11.2. The molecule has 4 aromatic rings. The first-order valence-corrected chi connectivity index (χ1v) is 11.2. The molecule has 8 nitrogen and oxygen atoms in total. The largest absolute Gasteiger partial charge is 0.496 e. The summed E-state index contributed by atoms with van der Waals surface area (Å²) < 4.78 is 7.34. The number of nitrogens with zero attached hydrogens (tertiary/aromatic N) is 4. The quantitative estimate of drug-likeness (QED) is 0.497. The number of hydrogen-bond donors (Lipinski definition) is 1. The van der Waals surface area contributed by atoms with Crippen molar-refractivity contribution < 1.29 is 14.3 Å². The summed E-state index contributed by atoms with van der Waals surface area (Å²) in [4.78, 5) is 31.3. The number of amides is 2. The number of benzene rings is 2. The molecule has 2 amide bonds. The van der Waals surface area contributed by atoms with E-state index in [0.29, 0.717) is 48.7 Å². The fourth-order valence-corrected chi connectivity index (χ4v) is 4.41. The third kappa shape index (κ3) is 3.98. The Morgan fingerprint density at radius 3 is 2.41 bits per heavy atom. The molecule has 3 heterocycles. The maximum Gasteiger partial charge on any atom is 0.272 e. The van der Waals surface area contributed by atoms with Crippen LogP contribution >= 0.6 is 0 Å². The summed E-state index contributed by atoms with van der Waals surface area (Å²) >= 11 is 0. The predicted octanol–water partition coefficient (Wildman–Crippen LogP) is 3.41. The van der Waals surface area contributed by atoms with Crippen molar-refractivity contribution in [2.75, 3.05) is 20.2 Å². The van der Waals surface area contributed by atoms with Crippen LogP contribution in [0.4, 0.5) is 0 Å². The normalized spacial score (nSPS) is 14.3. The van der Waals surface area contributed by atoms with Gasteiger partial charge in [-0.25, -0.2) is 9.50 Å². The van der Waals surface area contributed by atoms with Gasteiger partial charge in [0.05, 0.1) is 18.5 Å². The van der Waals surface area contributed by atoms with E-state index in [4.69, 9.17) is 15.6 Å². The molecule has 0 saturated carbocycles. The van der Waals surface area contributed by atoms with Gasteiger partial charge in [-0.2, -0.15) is 5.10 Å². The molecular weight excluding hydrogens is 430 g/mol. The molecule has 0 atom stereocenters. The van der Waals surface area contributed by atoms with Gasteiger partial charge in [0.1, 0.15) is 11.4 Å². The second kappa shape index (κ2) is 8.97. The van der Waals surface area contributed by atoms with Crippen molar-refractivity contribution in [1.82, 2.24) is 19.5 Å². The van der Waals surface area contributed by atoms with Crippen LogP contribution in [0.1, 0.15) is 23.3 Å². The van der Waals surface area contributed by atoms with E-state index in [2.05, 4.69) is 4.98 Å². The van der Waals surface area contributed by atoms with Gasteiger partial charge in [0.25, 0.3) is 5.91 Å². The molecule has 0 unspecified atom stereocenters. The third-order valence-corrected chi connectivity index (χ3v) is 6.28. The Labute approximate surface area is 197 Å². The number of carbonyl (C=O) groups is 2. The molecule has 0 aliphatic carbocycles. The van der Waals surface area contributed by atoms with Crippen LogP contribution in [-0.4, -0.2) is 51.5 Å². The molecule has 5 rings (SSSR count). The number of methoxy groups -OCH3 is 1. The Kier molecular flexibility index (Phi) is 5.71. The van der Waals surface area contributed by atoms with Crippen LogP contribution in [-0.2, 0) is 4.79 Å². The molecule has 0 radical (unpaired) electrons. The van der Waals surface area contributed by atoms with Crippen LogP contribution in [0.3, 0.4) is 0 Å². The van der Waals surface area contributed by atoms with Crippen LogP contribution in [0.25, 0.3) is 28.2 Å². The maximum atomic E-state index is 13.4. The molecule has 2 aromatic carbocycles. The molecule has 2 aromatic heterocycles. The Morgan fingerprint density at radius 2 is 1.71 bits per heavy atom.